The molecule has 0 aromatic heterocycles. The molecule has 0 unspecified atom stereocenters. The van der Waals surface area contributed by atoms with E-state index in [1.54, 1.807) is 13.8 Å². The second kappa shape index (κ2) is 18.9. The molecule has 1 aliphatic heterocycles. The highest BCUT2D eigenvalue weighted by molar-refractivity contribution is 5.88. The van der Waals surface area contributed by atoms with Gasteiger partial charge in [0.25, 0.3) is 0 Å². The summed E-state index contributed by atoms with van der Waals surface area (Å²) < 4.78 is 104. The number of carboxylic acid groups (broad SMARTS) is 4. The van der Waals surface area contributed by atoms with E-state index < -0.39 is 95.7 Å². The normalized spacial score (nSPS) is 17.7. The first-order chi connectivity index (χ1) is 22.6. The van der Waals surface area contributed by atoms with Crippen LogP contribution in [0.15, 0.2) is 12.1 Å². The maximum Gasteiger partial charge on any atom is 0.490 e. The zero-order valence-electron chi connectivity index (χ0n) is 26.1. The number of amides is 2. The van der Waals surface area contributed by atoms with Crippen LogP contribution in [0.1, 0.15) is 39.2 Å². The molecule has 1 aromatic carbocycles. The van der Waals surface area contributed by atoms with Crippen molar-refractivity contribution in [2.75, 3.05) is 6.54 Å². The van der Waals surface area contributed by atoms with E-state index in [4.69, 9.17) is 25.5 Å². The molecule has 0 bridgehead atoms. The van der Waals surface area contributed by atoms with Gasteiger partial charge < -0.3 is 36.4 Å². The first kappa shape index (κ1) is 45.3. The van der Waals surface area contributed by atoms with Gasteiger partial charge in [0, 0.05) is 37.5 Å². The maximum atomic E-state index is 13.8. The third-order valence-corrected chi connectivity index (χ3v) is 6.47. The van der Waals surface area contributed by atoms with Crippen LogP contribution in [0.5, 0.6) is 0 Å². The van der Waals surface area contributed by atoms with Crippen LogP contribution in [0.4, 0.5) is 39.5 Å². The largest absolute Gasteiger partial charge is 0.490 e. The summed E-state index contributed by atoms with van der Waals surface area (Å²) in [6.45, 7) is 4.63. The molecule has 0 spiro atoms. The Morgan fingerprint density at radius 1 is 0.860 bits per heavy atom. The third kappa shape index (κ3) is 15.3. The fraction of sp³-hybridized carbons (Fsp3) is 0.556. The predicted octanol–water partition coefficient (Wildman–Crippen LogP) is 1.89. The van der Waals surface area contributed by atoms with Crippen molar-refractivity contribution < 1.29 is 88.7 Å². The average molecular weight is 745 g/mol. The van der Waals surface area contributed by atoms with Gasteiger partial charge in [0.05, 0.1) is 6.04 Å². The summed E-state index contributed by atoms with van der Waals surface area (Å²) in [5.41, 5.74) is 5.67. The Hall–Kier alpha value is -4.67. The van der Waals surface area contributed by atoms with Gasteiger partial charge in [0.1, 0.15) is 17.9 Å². The summed E-state index contributed by atoms with van der Waals surface area (Å²) in [6.07, 6.45) is -10.8. The van der Waals surface area contributed by atoms with Gasteiger partial charge in [0.15, 0.2) is 11.6 Å². The van der Waals surface area contributed by atoms with Gasteiger partial charge in [-0.3, -0.25) is 19.7 Å². The van der Waals surface area contributed by atoms with Crippen LogP contribution in [0.3, 0.4) is 0 Å². The van der Waals surface area contributed by atoms with E-state index >= 15 is 0 Å². The van der Waals surface area contributed by atoms with E-state index in [9.17, 15) is 68.9 Å². The van der Waals surface area contributed by atoms with E-state index in [1.165, 1.54) is 6.92 Å². The topological polar surface area (TPSA) is 237 Å². The molecule has 0 saturated carbocycles. The van der Waals surface area contributed by atoms with Crippen LogP contribution < -0.4 is 16.4 Å². The molecule has 1 saturated heterocycles. The average Bonchev–Trinajstić information content (AvgIpc) is 3.37. The van der Waals surface area contributed by atoms with Crippen molar-refractivity contribution in [1.82, 2.24) is 15.5 Å². The number of likely N-dealkylation sites (tertiary alicyclic amines) is 1. The standard InChI is InChI=1S/C23H31F3N4O6.2C2HF3O2/c1-10(2)20(23(35)36)28-11(3)21(32)30-9-14(7-18(30)22(33)34)29-19(31)6-13(27)4-12-5-16(25)17(26)8-15(12)24;2*3-2(4,5)1(6)7/h5,8,10-11,13-14,18,20,28H,4,6-7,9,27H2,1-3H3,(H,29,31)(H,33,34)(H,35,36);2*(H,6,7)/t11-,13+,14-,18-,20-;;/m0../s1. The smallest absolute Gasteiger partial charge is 0.480 e. The number of nitrogens with one attached hydrogen (secondary N) is 2. The van der Waals surface area contributed by atoms with Gasteiger partial charge in [-0.1, -0.05) is 13.8 Å². The molecule has 1 aliphatic rings. The second-order valence-electron chi connectivity index (χ2n) is 10.9. The van der Waals surface area contributed by atoms with E-state index in [2.05, 4.69) is 10.6 Å². The molecule has 0 aliphatic carbocycles. The second-order valence-corrected chi connectivity index (χ2v) is 10.9. The van der Waals surface area contributed by atoms with Crippen molar-refractivity contribution in [2.24, 2.45) is 11.7 Å². The lowest BCUT2D eigenvalue weighted by atomic mass is 10.0. The lowest BCUT2D eigenvalue weighted by Gasteiger charge is -2.28. The number of aliphatic carboxylic acids is 4. The van der Waals surface area contributed by atoms with Gasteiger partial charge in [-0.15, -0.1) is 0 Å². The zero-order chi connectivity index (χ0) is 39.5. The Morgan fingerprint density at radius 2 is 1.32 bits per heavy atom. The molecular formula is C27H33F9N4O10. The molecule has 50 heavy (non-hydrogen) atoms. The van der Waals surface area contributed by atoms with Crippen LogP contribution in [0.2, 0.25) is 0 Å². The molecule has 8 N–H and O–H groups in total. The predicted molar refractivity (Wildman–Crippen MR) is 149 cm³/mol. The summed E-state index contributed by atoms with van der Waals surface area (Å²) in [7, 11) is 0. The Morgan fingerprint density at radius 3 is 1.72 bits per heavy atom. The Bertz CT molecular complexity index is 1370. The fourth-order valence-electron chi connectivity index (χ4n) is 4.16. The van der Waals surface area contributed by atoms with E-state index in [1.807, 2.05) is 0 Å². The molecule has 0 radical (unpaired) electrons. The van der Waals surface area contributed by atoms with Crippen LogP contribution in [-0.4, -0.2) is 110 Å². The number of alkyl halides is 6. The number of rotatable bonds is 11. The zero-order valence-corrected chi connectivity index (χ0v) is 26.1. The maximum absolute atomic E-state index is 13.8. The Labute approximate surface area is 276 Å². The highest BCUT2D eigenvalue weighted by Gasteiger charge is 2.42. The minimum absolute atomic E-state index is 0.0842. The molecule has 23 heteroatoms. The van der Waals surface area contributed by atoms with Crippen molar-refractivity contribution in [3.63, 3.8) is 0 Å². The molecule has 1 fully saturated rings. The van der Waals surface area contributed by atoms with E-state index in [0.29, 0.717) is 12.1 Å². The van der Waals surface area contributed by atoms with Gasteiger partial charge in [-0.05, 0) is 30.9 Å². The van der Waals surface area contributed by atoms with Crippen molar-refractivity contribution in [3.05, 3.63) is 35.1 Å². The van der Waals surface area contributed by atoms with Crippen LogP contribution >= 0.6 is 0 Å². The minimum Gasteiger partial charge on any atom is -0.480 e. The van der Waals surface area contributed by atoms with Crippen LogP contribution in [-0.2, 0) is 35.2 Å². The highest BCUT2D eigenvalue weighted by atomic mass is 19.4. The molecule has 2 amide bonds. The summed E-state index contributed by atoms with van der Waals surface area (Å²) in [6, 6.07) is -3.85. The summed E-state index contributed by atoms with van der Waals surface area (Å²) in [5.74, 6) is -13.1. The number of halogens is 9. The fourth-order valence-corrected chi connectivity index (χ4v) is 4.16. The molecule has 284 valence electrons. The number of carboxylic acids is 4. The lowest BCUT2D eigenvalue weighted by molar-refractivity contribution is -0.193. The number of benzene rings is 1. The summed E-state index contributed by atoms with van der Waals surface area (Å²) >= 11 is 0. The van der Waals surface area contributed by atoms with Gasteiger partial charge in [-0.2, -0.15) is 26.3 Å². The Balaban J connectivity index is 0.00000143. The SMILES string of the molecule is CC(C)[C@H](N[C@@H](C)C(=O)N1C[C@@H](NC(=O)C[C@H](N)Cc2cc(F)c(F)cc2F)C[C@H]1C(=O)O)C(=O)O.O=C(O)C(F)(F)F.O=C(O)C(F)(F)F. The molecular weight excluding hydrogens is 711 g/mol. The van der Waals surface area contributed by atoms with Crippen molar-refractivity contribution in [3.8, 4) is 0 Å². The van der Waals surface area contributed by atoms with Crippen molar-refractivity contribution >= 4 is 35.7 Å². The lowest BCUT2D eigenvalue weighted by Crippen LogP contribution is -2.54. The highest BCUT2D eigenvalue weighted by Crippen LogP contribution is 2.21. The number of carbonyl (C=O) groups is 6. The van der Waals surface area contributed by atoms with Gasteiger partial charge in [0.2, 0.25) is 11.8 Å². The molecule has 2 rings (SSSR count). The molecule has 5 atom stereocenters. The minimum atomic E-state index is -5.08. The monoisotopic (exact) mass is 744 g/mol. The third-order valence-electron chi connectivity index (χ3n) is 6.47. The first-order valence-electron chi connectivity index (χ1n) is 13.9. The van der Waals surface area contributed by atoms with E-state index in [0.717, 1.165) is 4.90 Å². The van der Waals surface area contributed by atoms with Gasteiger partial charge in [-0.25, -0.2) is 27.6 Å². The summed E-state index contributed by atoms with van der Waals surface area (Å²) in [4.78, 5) is 67.4. The quantitative estimate of drug-likeness (QED) is 0.127. The van der Waals surface area contributed by atoms with Crippen LogP contribution in [0.25, 0.3) is 0 Å². The molecule has 1 aromatic rings. The molecule has 1 heterocycles. The van der Waals surface area contributed by atoms with Crippen LogP contribution in [0, 0.1) is 23.4 Å². The number of carbonyl (C=O) groups excluding carboxylic acids is 2. The van der Waals surface area contributed by atoms with E-state index in [-0.39, 0.29) is 37.3 Å². The number of nitrogens with two attached hydrogens (primary N) is 1. The first-order valence-corrected chi connectivity index (χ1v) is 13.9. The molecule has 14 nitrogen and oxygen atoms in total. The van der Waals surface area contributed by atoms with Crippen molar-refractivity contribution in [2.45, 2.75) is 82.6 Å². The van der Waals surface area contributed by atoms with Gasteiger partial charge >= 0.3 is 36.2 Å². The summed E-state index contributed by atoms with van der Waals surface area (Å²) in [5, 5.41) is 38.4. The number of hydrogen-bond acceptors (Lipinski definition) is 8. The Kier molecular flexibility index (Phi) is 17.2. The van der Waals surface area contributed by atoms with Crippen molar-refractivity contribution in [1.29, 1.82) is 0 Å². The number of nitrogens with zero attached hydrogens (tertiary/aromatic N) is 1. The number of hydrogen-bond donors (Lipinski definition) is 7.